The van der Waals surface area contributed by atoms with Crippen LogP contribution in [0.5, 0.6) is 0 Å². The highest BCUT2D eigenvalue weighted by molar-refractivity contribution is 7.16. The van der Waals surface area contributed by atoms with Crippen molar-refractivity contribution in [3.05, 3.63) is 32.4 Å². The number of rotatable bonds is 4. The molecule has 0 aliphatic heterocycles. The van der Waals surface area contributed by atoms with E-state index in [9.17, 15) is 0 Å². The highest BCUT2D eigenvalue weighted by Crippen LogP contribution is 2.23. The quantitative estimate of drug-likeness (QED) is 0.940. The third-order valence-corrected chi connectivity index (χ3v) is 4.08. The van der Waals surface area contributed by atoms with Crippen LogP contribution in [0.25, 0.3) is 0 Å². The number of nitrogens with two attached hydrogens (primary N) is 1. The van der Waals surface area contributed by atoms with Gasteiger partial charge in [-0.15, -0.1) is 35.1 Å². The zero-order chi connectivity index (χ0) is 11.5. The van der Waals surface area contributed by atoms with E-state index in [0.717, 1.165) is 17.4 Å². The summed E-state index contributed by atoms with van der Waals surface area (Å²) in [6.07, 6.45) is 1.83. The van der Waals surface area contributed by atoms with Crippen molar-refractivity contribution in [1.82, 2.24) is 9.88 Å². The van der Waals surface area contributed by atoms with E-state index < -0.39 is 0 Å². The van der Waals surface area contributed by atoms with E-state index in [4.69, 9.17) is 17.3 Å². The van der Waals surface area contributed by atoms with Crippen molar-refractivity contribution in [3.8, 4) is 0 Å². The molecule has 2 rings (SSSR count). The van der Waals surface area contributed by atoms with Gasteiger partial charge >= 0.3 is 0 Å². The van der Waals surface area contributed by atoms with E-state index in [0.29, 0.717) is 5.13 Å². The van der Waals surface area contributed by atoms with Crippen molar-refractivity contribution < 1.29 is 0 Å². The third kappa shape index (κ3) is 4.44. The Morgan fingerprint density at radius 3 is 2.53 bits per heavy atom. The van der Waals surface area contributed by atoms with Crippen LogP contribution in [0.15, 0.2) is 18.3 Å². The monoisotopic (exact) mass is 309 g/mol. The predicted octanol–water partition coefficient (Wildman–Crippen LogP) is 3.49. The van der Waals surface area contributed by atoms with Gasteiger partial charge in [0.25, 0.3) is 0 Å². The zero-order valence-electron chi connectivity index (χ0n) is 9.22. The lowest BCUT2D eigenvalue weighted by Crippen LogP contribution is -2.15. The number of hydrogen-bond donors (Lipinski definition) is 1. The maximum Gasteiger partial charge on any atom is 0.180 e. The van der Waals surface area contributed by atoms with E-state index in [2.05, 4.69) is 23.0 Å². The van der Waals surface area contributed by atoms with E-state index >= 15 is 0 Å². The normalized spacial score (nSPS) is 10.5. The van der Waals surface area contributed by atoms with Gasteiger partial charge in [-0.05, 0) is 19.2 Å². The maximum absolute atomic E-state index is 5.88. The second kappa shape index (κ2) is 6.56. The molecule has 0 aliphatic carbocycles. The summed E-state index contributed by atoms with van der Waals surface area (Å²) >= 11 is 9.04. The summed E-state index contributed by atoms with van der Waals surface area (Å²) in [6.45, 7) is 1.76. The Bertz CT molecular complexity index is 427. The second-order valence-electron chi connectivity index (χ2n) is 3.54. The molecule has 3 nitrogen and oxygen atoms in total. The van der Waals surface area contributed by atoms with Crippen molar-refractivity contribution in [1.29, 1.82) is 0 Å². The molecular formula is C10H13Cl2N3S2. The average Bonchev–Trinajstić information content (AvgIpc) is 2.76. The van der Waals surface area contributed by atoms with Gasteiger partial charge in [0.15, 0.2) is 5.13 Å². The summed E-state index contributed by atoms with van der Waals surface area (Å²) in [4.78, 5) is 8.70. The summed E-state index contributed by atoms with van der Waals surface area (Å²) in [7, 11) is 2.07. The fourth-order valence-electron chi connectivity index (χ4n) is 1.42. The number of anilines is 1. The van der Waals surface area contributed by atoms with Gasteiger partial charge in [-0.3, -0.25) is 4.90 Å². The van der Waals surface area contributed by atoms with Crippen LogP contribution in [0.4, 0.5) is 5.13 Å². The van der Waals surface area contributed by atoms with E-state index in [-0.39, 0.29) is 12.4 Å². The number of aromatic nitrogens is 1. The average molecular weight is 310 g/mol. The molecular weight excluding hydrogens is 297 g/mol. The van der Waals surface area contributed by atoms with E-state index in [1.165, 1.54) is 21.1 Å². The number of halogens is 2. The summed E-state index contributed by atoms with van der Waals surface area (Å²) in [5.74, 6) is 0. The van der Waals surface area contributed by atoms with Crippen LogP contribution in [-0.2, 0) is 13.1 Å². The highest BCUT2D eigenvalue weighted by Gasteiger charge is 2.06. The van der Waals surface area contributed by atoms with Gasteiger partial charge in [0.2, 0.25) is 0 Å². The largest absolute Gasteiger partial charge is 0.375 e. The molecule has 0 unspecified atom stereocenters. The summed E-state index contributed by atoms with van der Waals surface area (Å²) in [5.41, 5.74) is 5.58. The standard InChI is InChI=1S/C10H12ClN3S2.ClH/c1-14(5-7-2-3-9(11)15-7)6-8-4-13-10(12)16-8;/h2-4H,5-6H2,1H3,(H2,12,13);1H. The predicted molar refractivity (Wildman–Crippen MR) is 78.3 cm³/mol. The van der Waals surface area contributed by atoms with Gasteiger partial charge in [-0.1, -0.05) is 11.6 Å². The molecule has 0 saturated heterocycles. The van der Waals surface area contributed by atoms with Crippen LogP contribution in [0.2, 0.25) is 4.34 Å². The molecule has 17 heavy (non-hydrogen) atoms. The lowest BCUT2D eigenvalue weighted by atomic mass is 10.4. The Hall–Kier alpha value is -0.330. The number of hydrogen-bond acceptors (Lipinski definition) is 5. The molecule has 0 bridgehead atoms. The van der Waals surface area contributed by atoms with Gasteiger partial charge in [0, 0.05) is 29.0 Å². The number of thiazole rings is 1. The van der Waals surface area contributed by atoms with Crippen LogP contribution >= 0.6 is 46.7 Å². The molecule has 0 aliphatic rings. The molecule has 0 fully saturated rings. The fraction of sp³-hybridized carbons (Fsp3) is 0.300. The zero-order valence-corrected chi connectivity index (χ0v) is 12.4. The Balaban J connectivity index is 0.00000144. The lowest BCUT2D eigenvalue weighted by molar-refractivity contribution is 0.325. The van der Waals surface area contributed by atoms with Crippen LogP contribution in [0, 0.1) is 0 Å². The lowest BCUT2D eigenvalue weighted by Gasteiger charge is -2.13. The smallest absolute Gasteiger partial charge is 0.180 e. The van der Waals surface area contributed by atoms with Gasteiger partial charge in [-0.25, -0.2) is 4.98 Å². The van der Waals surface area contributed by atoms with Crippen LogP contribution in [0.1, 0.15) is 9.75 Å². The SMILES string of the molecule is CN(Cc1ccc(Cl)s1)Cc1cnc(N)s1.Cl. The minimum Gasteiger partial charge on any atom is -0.375 e. The molecule has 2 aromatic heterocycles. The summed E-state index contributed by atoms with van der Waals surface area (Å²) in [6, 6.07) is 3.99. The van der Waals surface area contributed by atoms with E-state index in [1.807, 2.05) is 12.3 Å². The number of nitrogen functional groups attached to an aromatic ring is 1. The molecule has 0 saturated carbocycles. The third-order valence-electron chi connectivity index (χ3n) is 2.05. The van der Waals surface area contributed by atoms with Crippen LogP contribution in [0.3, 0.4) is 0 Å². The minimum atomic E-state index is 0. The van der Waals surface area contributed by atoms with Gasteiger partial charge in [0.05, 0.1) is 4.34 Å². The number of thiophene rings is 1. The molecule has 2 aromatic rings. The van der Waals surface area contributed by atoms with Crippen LogP contribution in [-0.4, -0.2) is 16.9 Å². The topological polar surface area (TPSA) is 42.2 Å². The number of nitrogens with zero attached hydrogens (tertiary/aromatic N) is 2. The summed E-state index contributed by atoms with van der Waals surface area (Å²) < 4.78 is 0.838. The molecule has 2 heterocycles. The van der Waals surface area contributed by atoms with Gasteiger partial charge < -0.3 is 5.73 Å². The summed E-state index contributed by atoms with van der Waals surface area (Å²) in [5, 5.41) is 0.627. The van der Waals surface area contributed by atoms with E-state index in [1.54, 1.807) is 11.3 Å². The molecule has 0 aromatic carbocycles. The highest BCUT2D eigenvalue weighted by atomic mass is 35.5. The molecule has 0 spiro atoms. The van der Waals surface area contributed by atoms with Gasteiger partial charge in [0.1, 0.15) is 0 Å². The minimum absolute atomic E-state index is 0. The molecule has 7 heteroatoms. The molecule has 0 amide bonds. The Labute approximate surface area is 120 Å². The molecule has 2 N–H and O–H groups in total. The Kier molecular flexibility index (Phi) is 5.69. The molecule has 0 atom stereocenters. The fourth-order valence-corrected chi connectivity index (χ4v) is 3.35. The molecule has 94 valence electrons. The first kappa shape index (κ1) is 14.7. The Morgan fingerprint density at radius 1 is 1.29 bits per heavy atom. The van der Waals surface area contributed by atoms with Crippen molar-refractivity contribution >= 4 is 51.8 Å². The van der Waals surface area contributed by atoms with Crippen molar-refractivity contribution in [2.24, 2.45) is 0 Å². The maximum atomic E-state index is 5.88. The van der Waals surface area contributed by atoms with Crippen molar-refractivity contribution in [2.45, 2.75) is 13.1 Å². The second-order valence-corrected chi connectivity index (χ2v) is 6.49. The van der Waals surface area contributed by atoms with Crippen LogP contribution < -0.4 is 5.73 Å². The first-order chi connectivity index (χ1) is 7.63. The Morgan fingerprint density at radius 2 is 2.00 bits per heavy atom. The van der Waals surface area contributed by atoms with Gasteiger partial charge in [-0.2, -0.15) is 0 Å². The van der Waals surface area contributed by atoms with Crippen molar-refractivity contribution in [3.63, 3.8) is 0 Å². The molecule has 0 radical (unpaired) electrons. The van der Waals surface area contributed by atoms with Crippen molar-refractivity contribution in [2.75, 3.05) is 12.8 Å². The first-order valence-electron chi connectivity index (χ1n) is 4.76. The first-order valence-corrected chi connectivity index (χ1v) is 6.77.